The largest absolute Gasteiger partial charge is 0.385 e. The predicted octanol–water partition coefficient (Wildman–Crippen LogP) is 0.538. The molecule has 1 aliphatic rings. The van der Waals surface area contributed by atoms with E-state index in [2.05, 4.69) is 5.32 Å². The average molecular weight is 242 g/mol. The Morgan fingerprint density at radius 3 is 2.65 bits per heavy atom. The molecule has 0 bridgehead atoms. The smallest absolute Gasteiger partial charge is 0.248 e. The van der Waals surface area contributed by atoms with Crippen LogP contribution in [-0.2, 0) is 14.3 Å². The molecule has 1 N–H and O–H groups in total. The molecule has 1 saturated heterocycles. The first-order chi connectivity index (χ1) is 7.96. The number of piperazine rings is 1. The number of rotatable bonds is 5. The molecule has 2 unspecified atom stereocenters. The van der Waals surface area contributed by atoms with E-state index in [4.69, 9.17) is 4.74 Å². The van der Waals surface area contributed by atoms with Gasteiger partial charge in [0.2, 0.25) is 11.8 Å². The van der Waals surface area contributed by atoms with Crippen LogP contribution < -0.4 is 5.32 Å². The lowest BCUT2D eigenvalue weighted by Crippen LogP contribution is -2.68. The molecule has 2 amide bonds. The third kappa shape index (κ3) is 2.77. The van der Waals surface area contributed by atoms with Crippen LogP contribution in [0.25, 0.3) is 0 Å². The SMILES string of the molecule is CCC1(C)NC(=O)C(C)N(CCCOC)C1=O. The average Bonchev–Trinajstić information content (AvgIpc) is 2.31. The summed E-state index contributed by atoms with van der Waals surface area (Å²) in [5, 5.41) is 2.80. The summed E-state index contributed by atoms with van der Waals surface area (Å²) in [7, 11) is 1.63. The van der Waals surface area contributed by atoms with Crippen LogP contribution in [0.4, 0.5) is 0 Å². The Morgan fingerprint density at radius 1 is 1.47 bits per heavy atom. The van der Waals surface area contributed by atoms with Gasteiger partial charge < -0.3 is 15.0 Å². The van der Waals surface area contributed by atoms with Crippen molar-refractivity contribution < 1.29 is 14.3 Å². The number of methoxy groups -OCH3 is 1. The highest BCUT2D eigenvalue weighted by Crippen LogP contribution is 2.21. The van der Waals surface area contributed by atoms with Gasteiger partial charge in [-0.1, -0.05) is 6.92 Å². The van der Waals surface area contributed by atoms with Crippen LogP contribution in [0.15, 0.2) is 0 Å². The Kier molecular flexibility index (Phi) is 4.51. The molecule has 2 atom stereocenters. The number of nitrogens with zero attached hydrogens (tertiary/aromatic N) is 1. The van der Waals surface area contributed by atoms with E-state index in [-0.39, 0.29) is 17.9 Å². The van der Waals surface area contributed by atoms with E-state index in [9.17, 15) is 9.59 Å². The number of hydrogen-bond acceptors (Lipinski definition) is 3. The third-order valence-corrected chi connectivity index (χ3v) is 3.43. The van der Waals surface area contributed by atoms with Gasteiger partial charge >= 0.3 is 0 Å². The summed E-state index contributed by atoms with van der Waals surface area (Å²) in [6, 6.07) is -0.390. The van der Waals surface area contributed by atoms with Crippen molar-refractivity contribution in [2.24, 2.45) is 0 Å². The number of amides is 2. The maximum absolute atomic E-state index is 12.3. The number of carbonyl (C=O) groups excluding carboxylic acids is 2. The molecule has 0 aromatic rings. The molecule has 1 heterocycles. The number of carbonyl (C=O) groups is 2. The highest BCUT2D eigenvalue weighted by molar-refractivity contribution is 5.99. The normalized spacial score (nSPS) is 29.4. The lowest BCUT2D eigenvalue weighted by Gasteiger charge is -2.43. The first-order valence-electron chi connectivity index (χ1n) is 6.08. The zero-order valence-electron chi connectivity index (χ0n) is 11.1. The molecule has 1 rings (SSSR count). The van der Waals surface area contributed by atoms with E-state index in [1.165, 1.54) is 0 Å². The minimum Gasteiger partial charge on any atom is -0.385 e. The molecule has 5 nitrogen and oxygen atoms in total. The lowest BCUT2D eigenvalue weighted by molar-refractivity contribution is -0.153. The highest BCUT2D eigenvalue weighted by atomic mass is 16.5. The van der Waals surface area contributed by atoms with Crippen molar-refractivity contribution in [2.45, 2.75) is 45.2 Å². The van der Waals surface area contributed by atoms with Gasteiger partial charge in [-0.2, -0.15) is 0 Å². The van der Waals surface area contributed by atoms with Gasteiger partial charge in [-0.25, -0.2) is 0 Å². The lowest BCUT2D eigenvalue weighted by atomic mass is 9.92. The molecular formula is C12H22N2O3. The molecule has 0 aliphatic carbocycles. The van der Waals surface area contributed by atoms with Crippen LogP contribution in [0, 0.1) is 0 Å². The second-order valence-electron chi connectivity index (χ2n) is 4.70. The Morgan fingerprint density at radius 2 is 2.12 bits per heavy atom. The van der Waals surface area contributed by atoms with Crippen molar-refractivity contribution in [1.82, 2.24) is 10.2 Å². The maximum Gasteiger partial charge on any atom is 0.248 e. The number of hydrogen-bond donors (Lipinski definition) is 1. The summed E-state index contributed by atoms with van der Waals surface area (Å²) in [5.41, 5.74) is -0.753. The quantitative estimate of drug-likeness (QED) is 0.716. The van der Waals surface area contributed by atoms with Crippen LogP contribution >= 0.6 is 0 Å². The van der Waals surface area contributed by atoms with Crippen molar-refractivity contribution in [3.63, 3.8) is 0 Å². The molecule has 1 aliphatic heterocycles. The van der Waals surface area contributed by atoms with E-state index in [0.29, 0.717) is 19.6 Å². The summed E-state index contributed by atoms with van der Waals surface area (Å²) in [6.45, 7) is 6.61. The fourth-order valence-corrected chi connectivity index (χ4v) is 1.98. The molecule has 98 valence electrons. The van der Waals surface area contributed by atoms with Gasteiger partial charge in [-0.15, -0.1) is 0 Å². The van der Waals surface area contributed by atoms with Crippen LogP contribution in [0.5, 0.6) is 0 Å². The molecule has 1 fully saturated rings. The minimum absolute atomic E-state index is 0.00297. The monoisotopic (exact) mass is 242 g/mol. The molecule has 0 radical (unpaired) electrons. The molecule has 0 aromatic heterocycles. The predicted molar refractivity (Wildman–Crippen MR) is 64.5 cm³/mol. The second-order valence-corrected chi connectivity index (χ2v) is 4.70. The minimum atomic E-state index is -0.753. The maximum atomic E-state index is 12.3. The van der Waals surface area contributed by atoms with Crippen molar-refractivity contribution in [2.75, 3.05) is 20.3 Å². The van der Waals surface area contributed by atoms with Gasteiger partial charge in [0.05, 0.1) is 0 Å². The van der Waals surface area contributed by atoms with Crippen LogP contribution in [-0.4, -0.2) is 48.6 Å². The Balaban J connectivity index is 2.77. The zero-order valence-corrected chi connectivity index (χ0v) is 11.1. The van der Waals surface area contributed by atoms with Crippen molar-refractivity contribution in [1.29, 1.82) is 0 Å². The molecule has 0 aromatic carbocycles. The topological polar surface area (TPSA) is 58.6 Å². The standard InChI is InChI=1S/C12H22N2O3/c1-5-12(3)11(16)14(7-6-8-17-4)9(2)10(15)13-12/h9H,5-8H2,1-4H3,(H,13,15). The molecule has 17 heavy (non-hydrogen) atoms. The van der Waals surface area contributed by atoms with Crippen LogP contribution in [0.1, 0.15) is 33.6 Å². The van der Waals surface area contributed by atoms with Gasteiger partial charge in [0.1, 0.15) is 11.6 Å². The van der Waals surface area contributed by atoms with E-state index < -0.39 is 5.54 Å². The van der Waals surface area contributed by atoms with E-state index in [1.807, 2.05) is 6.92 Å². The number of nitrogens with one attached hydrogen (secondary N) is 1. The first-order valence-corrected chi connectivity index (χ1v) is 6.08. The summed E-state index contributed by atoms with van der Waals surface area (Å²) in [5.74, 6) is -0.0745. The van der Waals surface area contributed by atoms with Gasteiger partial charge in [-0.05, 0) is 26.7 Å². The summed E-state index contributed by atoms with van der Waals surface area (Å²) < 4.78 is 4.97. The fraction of sp³-hybridized carbons (Fsp3) is 0.833. The molecular weight excluding hydrogens is 220 g/mol. The van der Waals surface area contributed by atoms with Crippen LogP contribution in [0.2, 0.25) is 0 Å². The van der Waals surface area contributed by atoms with E-state index in [0.717, 1.165) is 6.42 Å². The Labute approximate surface area is 102 Å². The van der Waals surface area contributed by atoms with Crippen molar-refractivity contribution in [3.05, 3.63) is 0 Å². The Bertz CT molecular complexity index is 306. The summed E-state index contributed by atoms with van der Waals surface area (Å²) in [4.78, 5) is 25.8. The third-order valence-electron chi connectivity index (χ3n) is 3.43. The highest BCUT2D eigenvalue weighted by Gasteiger charge is 2.44. The molecule has 0 spiro atoms. The molecule has 5 heteroatoms. The van der Waals surface area contributed by atoms with Crippen LogP contribution in [0.3, 0.4) is 0 Å². The molecule has 0 saturated carbocycles. The fourth-order valence-electron chi connectivity index (χ4n) is 1.98. The first kappa shape index (κ1) is 14.0. The van der Waals surface area contributed by atoms with Gasteiger partial charge in [0, 0.05) is 20.3 Å². The van der Waals surface area contributed by atoms with Gasteiger partial charge in [0.15, 0.2) is 0 Å². The van der Waals surface area contributed by atoms with E-state index >= 15 is 0 Å². The van der Waals surface area contributed by atoms with Gasteiger partial charge in [0.25, 0.3) is 0 Å². The summed E-state index contributed by atoms with van der Waals surface area (Å²) in [6.07, 6.45) is 1.35. The number of ether oxygens (including phenoxy) is 1. The van der Waals surface area contributed by atoms with E-state index in [1.54, 1.807) is 25.9 Å². The van der Waals surface area contributed by atoms with Gasteiger partial charge in [-0.3, -0.25) is 9.59 Å². The second kappa shape index (κ2) is 5.49. The zero-order chi connectivity index (χ0) is 13.1. The Hall–Kier alpha value is -1.10. The van der Waals surface area contributed by atoms with Crippen molar-refractivity contribution >= 4 is 11.8 Å². The van der Waals surface area contributed by atoms with Crippen molar-refractivity contribution in [3.8, 4) is 0 Å². The summed E-state index contributed by atoms with van der Waals surface area (Å²) >= 11 is 0.